The van der Waals surface area contributed by atoms with Crippen LogP contribution in [-0.2, 0) is 11.2 Å². The Labute approximate surface area is 276 Å². The van der Waals surface area contributed by atoms with Crippen molar-refractivity contribution in [3.63, 3.8) is 0 Å². The Hall–Kier alpha value is -5.37. The number of benzene rings is 1. The highest BCUT2D eigenvalue weighted by atomic mass is 32.1. The third kappa shape index (κ3) is 7.90. The van der Waals surface area contributed by atoms with Crippen molar-refractivity contribution >= 4 is 39.9 Å². The van der Waals surface area contributed by atoms with Crippen molar-refractivity contribution < 1.29 is 19.1 Å². The van der Waals surface area contributed by atoms with Crippen LogP contribution in [0, 0.1) is 5.92 Å². The van der Waals surface area contributed by atoms with Crippen LogP contribution in [0.15, 0.2) is 67.3 Å². The van der Waals surface area contributed by atoms with Gasteiger partial charge in [-0.1, -0.05) is 25.2 Å². The van der Waals surface area contributed by atoms with Crippen LogP contribution in [0.3, 0.4) is 0 Å². The van der Waals surface area contributed by atoms with E-state index in [0.29, 0.717) is 47.7 Å². The van der Waals surface area contributed by atoms with Crippen LogP contribution in [0.4, 0.5) is 21.4 Å². The van der Waals surface area contributed by atoms with Crippen molar-refractivity contribution in [2.45, 2.75) is 53.1 Å². The molecule has 0 saturated carbocycles. The second-order valence-electron chi connectivity index (χ2n) is 11.7. The van der Waals surface area contributed by atoms with Crippen LogP contribution in [0.1, 0.15) is 46.2 Å². The number of hydrogen-bond acceptors (Lipinski definition) is 10. The van der Waals surface area contributed by atoms with Crippen molar-refractivity contribution in [2.75, 3.05) is 22.1 Å². The molecule has 242 valence electrons. The van der Waals surface area contributed by atoms with Crippen LogP contribution in [-0.4, -0.2) is 54.3 Å². The third-order valence-electron chi connectivity index (χ3n) is 6.97. The third-order valence-corrected chi connectivity index (χ3v) is 8.04. The normalized spacial score (nSPS) is 13.0. The Morgan fingerprint density at radius 1 is 0.957 bits per heavy atom. The molecule has 0 atom stereocenters. The first-order valence-electron chi connectivity index (χ1n) is 15.4. The molecule has 1 fully saturated rings. The molecule has 1 saturated heterocycles. The molecule has 1 aromatic carbocycles. The quantitative estimate of drug-likeness (QED) is 0.158. The average molecular weight is 654 g/mol. The number of pyridine rings is 1. The van der Waals surface area contributed by atoms with E-state index in [9.17, 15) is 9.59 Å². The maximum absolute atomic E-state index is 13.0. The molecule has 0 aliphatic carbocycles. The molecular weight excluding hydrogens is 618 g/mol. The number of nitrogens with zero attached hydrogens (tertiary/aromatic N) is 7. The van der Waals surface area contributed by atoms with Gasteiger partial charge in [0.05, 0.1) is 46.6 Å². The van der Waals surface area contributed by atoms with E-state index in [1.54, 1.807) is 28.0 Å². The molecule has 0 spiro atoms. The summed E-state index contributed by atoms with van der Waals surface area (Å²) >= 11 is 1.49. The van der Waals surface area contributed by atoms with E-state index in [1.807, 2.05) is 50.2 Å². The number of hydrogen-bond donors (Lipinski definition) is 2. The minimum atomic E-state index is -0.483. The number of carbonyl (C=O) groups excluding carboxylic acids is 2. The maximum atomic E-state index is 13.0. The van der Waals surface area contributed by atoms with E-state index < -0.39 is 6.03 Å². The predicted octanol–water partition coefficient (Wildman–Crippen LogP) is 6.73. The molecule has 2 N–H and O–H groups in total. The molecule has 14 heteroatoms. The Morgan fingerprint density at radius 2 is 1.74 bits per heavy atom. The zero-order chi connectivity index (χ0) is 32.9. The SMILES string of the molecule is CC(C)Cc1cc(NC(=O)Nc2cnc(Oc3ccc(-c4cnc(N5CCCC5=O)s4)cc3)nc2)n(-c2ccc(OC(C)C)nc2)n1. The Balaban J connectivity index is 1.07. The molecule has 0 bridgehead atoms. The Bertz CT molecular complexity index is 1840. The number of carbonyl (C=O) groups is 2. The molecule has 1 aliphatic heterocycles. The number of anilines is 3. The van der Waals surface area contributed by atoms with Crippen molar-refractivity contribution in [1.82, 2.24) is 29.7 Å². The van der Waals surface area contributed by atoms with Crippen LogP contribution in [0.5, 0.6) is 17.6 Å². The van der Waals surface area contributed by atoms with Gasteiger partial charge in [0, 0.05) is 31.3 Å². The fourth-order valence-electron chi connectivity index (χ4n) is 4.92. The fourth-order valence-corrected chi connectivity index (χ4v) is 5.89. The molecule has 0 radical (unpaired) electrons. The summed E-state index contributed by atoms with van der Waals surface area (Å²) in [6.07, 6.45) is 8.55. The minimum absolute atomic E-state index is 0.00580. The summed E-state index contributed by atoms with van der Waals surface area (Å²) in [5, 5.41) is 11.0. The lowest BCUT2D eigenvalue weighted by Crippen LogP contribution is -2.23. The number of thiazole rings is 1. The van der Waals surface area contributed by atoms with Gasteiger partial charge in [-0.3, -0.25) is 15.0 Å². The molecule has 47 heavy (non-hydrogen) atoms. The molecule has 5 heterocycles. The average Bonchev–Trinajstić information content (AvgIpc) is 3.78. The molecule has 1 aliphatic rings. The van der Waals surface area contributed by atoms with Gasteiger partial charge < -0.3 is 14.8 Å². The van der Waals surface area contributed by atoms with E-state index in [-0.39, 0.29) is 18.0 Å². The van der Waals surface area contributed by atoms with Gasteiger partial charge in [-0.2, -0.15) is 5.10 Å². The van der Waals surface area contributed by atoms with Gasteiger partial charge in [-0.05, 0) is 68.5 Å². The van der Waals surface area contributed by atoms with Crippen LogP contribution in [0.25, 0.3) is 16.1 Å². The lowest BCUT2D eigenvalue weighted by atomic mass is 10.1. The molecule has 5 aromatic rings. The monoisotopic (exact) mass is 653 g/mol. The zero-order valence-electron chi connectivity index (χ0n) is 26.5. The summed E-state index contributed by atoms with van der Waals surface area (Å²) in [6, 6.07) is 12.6. The first-order chi connectivity index (χ1) is 22.7. The summed E-state index contributed by atoms with van der Waals surface area (Å²) < 4.78 is 13.1. The smallest absolute Gasteiger partial charge is 0.324 e. The van der Waals surface area contributed by atoms with E-state index in [1.165, 1.54) is 23.7 Å². The van der Waals surface area contributed by atoms with E-state index in [2.05, 4.69) is 44.4 Å². The number of urea groups is 1. The second kappa shape index (κ2) is 14.0. The summed E-state index contributed by atoms with van der Waals surface area (Å²) in [4.78, 5) is 45.0. The summed E-state index contributed by atoms with van der Waals surface area (Å²) in [7, 11) is 0. The van der Waals surface area contributed by atoms with Crippen LogP contribution in [0.2, 0.25) is 0 Å². The summed E-state index contributed by atoms with van der Waals surface area (Å²) in [6.45, 7) is 8.81. The first-order valence-corrected chi connectivity index (χ1v) is 16.2. The summed E-state index contributed by atoms with van der Waals surface area (Å²) in [5.41, 5.74) is 2.86. The van der Waals surface area contributed by atoms with Gasteiger partial charge >= 0.3 is 12.0 Å². The highest BCUT2D eigenvalue weighted by Gasteiger charge is 2.24. The van der Waals surface area contributed by atoms with Gasteiger partial charge in [0.2, 0.25) is 11.8 Å². The van der Waals surface area contributed by atoms with E-state index in [0.717, 1.165) is 34.1 Å². The number of rotatable bonds is 11. The second-order valence-corrected chi connectivity index (χ2v) is 12.7. The van der Waals surface area contributed by atoms with Crippen molar-refractivity contribution in [2.24, 2.45) is 5.92 Å². The highest BCUT2D eigenvalue weighted by molar-refractivity contribution is 7.19. The van der Waals surface area contributed by atoms with Gasteiger partial charge in [0.25, 0.3) is 0 Å². The largest absolute Gasteiger partial charge is 0.475 e. The van der Waals surface area contributed by atoms with Gasteiger partial charge in [0.15, 0.2) is 5.13 Å². The fraction of sp³-hybridized carbons (Fsp3) is 0.303. The van der Waals surface area contributed by atoms with Crippen molar-refractivity contribution in [3.8, 4) is 33.8 Å². The molecule has 0 unspecified atom stereocenters. The maximum Gasteiger partial charge on any atom is 0.324 e. The first kappa shape index (κ1) is 31.6. The molecular formula is C33H35N9O4S. The number of ether oxygens (including phenoxy) is 2. The standard InChI is InChI=1S/C33H35N9O4S/c1-20(2)14-23-15-28(42(40-23)25-9-12-29(34-18-25)45-21(3)4)39-31(44)38-24-16-35-32(36-17-24)46-26-10-7-22(8-11-26)27-19-37-33(47-27)41-13-5-6-30(41)43/h7-12,15-21H,5-6,13-14H2,1-4H3,(H2,38,39,44). The van der Waals surface area contributed by atoms with Crippen molar-refractivity contribution in [1.29, 1.82) is 0 Å². The summed E-state index contributed by atoms with van der Waals surface area (Å²) in [5.74, 6) is 2.05. The molecule has 3 amide bonds. The molecule has 4 aromatic heterocycles. The lowest BCUT2D eigenvalue weighted by Gasteiger charge is -2.11. The Morgan fingerprint density at radius 3 is 2.40 bits per heavy atom. The minimum Gasteiger partial charge on any atom is -0.475 e. The molecule has 13 nitrogen and oxygen atoms in total. The van der Waals surface area contributed by atoms with E-state index >= 15 is 0 Å². The Kier molecular flexibility index (Phi) is 9.38. The van der Waals surface area contributed by atoms with Gasteiger partial charge in [-0.15, -0.1) is 0 Å². The number of nitrogens with one attached hydrogen (secondary N) is 2. The van der Waals surface area contributed by atoms with Gasteiger partial charge in [-0.25, -0.2) is 29.4 Å². The van der Waals surface area contributed by atoms with Gasteiger partial charge in [0.1, 0.15) is 11.6 Å². The van der Waals surface area contributed by atoms with E-state index in [4.69, 9.17) is 14.6 Å². The topological polar surface area (TPSA) is 149 Å². The zero-order valence-corrected chi connectivity index (χ0v) is 27.3. The van der Waals surface area contributed by atoms with Crippen LogP contribution >= 0.6 is 11.3 Å². The van der Waals surface area contributed by atoms with Crippen molar-refractivity contribution in [3.05, 3.63) is 72.9 Å². The lowest BCUT2D eigenvalue weighted by molar-refractivity contribution is -0.117. The van der Waals surface area contributed by atoms with Crippen LogP contribution < -0.4 is 25.0 Å². The predicted molar refractivity (Wildman–Crippen MR) is 180 cm³/mol. The molecule has 6 rings (SSSR count). The number of amides is 3. The number of aromatic nitrogens is 6. The highest BCUT2D eigenvalue weighted by Crippen LogP contribution is 2.34.